The highest BCUT2D eigenvalue weighted by molar-refractivity contribution is 7.85. The van der Waals surface area contributed by atoms with Crippen LogP contribution in [0.1, 0.15) is 70.4 Å². The van der Waals surface area contributed by atoms with E-state index in [-0.39, 0.29) is 17.9 Å². The molecule has 0 radical (unpaired) electrons. The van der Waals surface area contributed by atoms with Crippen molar-refractivity contribution in [3.63, 3.8) is 0 Å². The Bertz CT molecular complexity index is 1290. The average Bonchev–Trinajstić information content (AvgIpc) is 3.19. The van der Waals surface area contributed by atoms with Crippen LogP contribution in [0.4, 0.5) is 5.69 Å². The summed E-state index contributed by atoms with van der Waals surface area (Å²) in [6.07, 6.45) is 6.68. The summed E-state index contributed by atoms with van der Waals surface area (Å²) >= 11 is 0. The molecule has 1 N–H and O–H groups in total. The molecule has 5 rings (SSSR count). The van der Waals surface area contributed by atoms with Crippen LogP contribution in [0.15, 0.2) is 76.5 Å². The van der Waals surface area contributed by atoms with Gasteiger partial charge in [-0.2, -0.15) is 0 Å². The maximum absolute atomic E-state index is 13.8. The Kier molecular flexibility index (Phi) is 6.82. The van der Waals surface area contributed by atoms with Crippen LogP contribution in [0.3, 0.4) is 0 Å². The highest BCUT2D eigenvalue weighted by Gasteiger charge is 2.32. The van der Waals surface area contributed by atoms with Gasteiger partial charge in [0.05, 0.1) is 38.4 Å². The minimum Gasteiger partial charge on any atom is -0.349 e. The van der Waals surface area contributed by atoms with Crippen LogP contribution in [0.25, 0.3) is 0 Å². The summed E-state index contributed by atoms with van der Waals surface area (Å²) in [6.45, 7) is 2.35. The number of hydrogen-bond donors (Lipinski definition) is 1. The number of rotatable bonds is 4. The number of anilines is 1. The summed E-state index contributed by atoms with van der Waals surface area (Å²) in [7, 11) is -1.54. The fourth-order valence-corrected chi connectivity index (χ4v) is 6.36. The smallest absolute Gasteiger partial charge is 0.259 e. The number of carbonyl (C=O) groups excluding carboxylic acids is 2. The molecule has 0 aromatic heterocycles. The quantitative estimate of drug-likeness (QED) is 0.476. The number of hydrogen-bond acceptors (Lipinski definition) is 3. The van der Waals surface area contributed by atoms with E-state index in [1.165, 1.54) is 12.8 Å². The van der Waals surface area contributed by atoms with Gasteiger partial charge in [-0.05, 0) is 61.2 Å². The molecule has 0 bridgehead atoms. The summed E-state index contributed by atoms with van der Waals surface area (Å²) in [6, 6.07) is 20.4. The van der Waals surface area contributed by atoms with Crippen LogP contribution in [0, 0.1) is 6.92 Å². The van der Waals surface area contributed by atoms with Gasteiger partial charge in [0.15, 0.2) is 0 Å². The van der Waals surface area contributed by atoms with Crippen molar-refractivity contribution < 1.29 is 13.8 Å². The second-order valence-electron chi connectivity index (χ2n) is 9.43. The highest BCUT2D eigenvalue weighted by atomic mass is 32.2. The van der Waals surface area contributed by atoms with Gasteiger partial charge in [-0.15, -0.1) is 0 Å². The third-order valence-corrected chi connectivity index (χ3v) is 8.55. The van der Waals surface area contributed by atoms with Crippen molar-refractivity contribution in [3.8, 4) is 0 Å². The van der Waals surface area contributed by atoms with Crippen LogP contribution in [-0.2, 0) is 17.3 Å². The second-order valence-corrected chi connectivity index (χ2v) is 10.8. The maximum atomic E-state index is 13.8. The Morgan fingerprint density at radius 3 is 2.43 bits per heavy atom. The molecule has 1 aliphatic carbocycles. The molecule has 1 aliphatic heterocycles. The predicted octanol–water partition coefficient (Wildman–Crippen LogP) is 5.77. The monoisotopic (exact) mass is 486 g/mol. The van der Waals surface area contributed by atoms with Crippen LogP contribution >= 0.6 is 0 Å². The number of aryl methyl sites for hydroxylation is 1. The van der Waals surface area contributed by atoms with Crippen LogP contribution in [0.5, 0.6) is 0 Å². The molecule has 3 aromatic carbocycles. The van der Waals surface area contributed by atoms with Gasteiger partial charge in [-0.1, -0.05) is 62.1 Å². The van der Waals surface area contributed by atoms with Crippen LogP contribution in [0.2, 0.25) is 0 Å². The van der Waals surface area contributed by atoms with Crippen molar-refractivity contribution in [2.45, 2.75) is 67.8 Å². The van der Waals surface area contributed by atoms with Gasteiger partial charge in [-0.3, -0.25) is 9.59 Å². The second kappa shape index (κ2) is 10.2. The minimum atomic E-state index is -1.54. The number of amides is 2. The van der Waals surface area contributed by atoms with E-state index >= 15 is 0 Å². The van der Waals surface area contributed by atoms with E-state index in [1.54, 1.807) is 47.4 Å². The molecule has 1 heterocycles. The molecule has 0 saturated heterocycles. The van der Waals surface area contributed by atoms with E-state index in [0.717, 1.165) is 36.8 Å². The lowest BCUT2D eigenvalue weighted by atomic mass is 10.1. The average molecular weight is 487 g/mol. The van der Waals surface area contributed by atoms with Gasteiger partial charge >= 0.3 is 0 Å². The lowest BCUT2D eigenvalue weighted by Gasteiger charge is -2.24. The topological polar surface area (TPSA) is 66.5 Å². The number of fused-ring (bicyclic) bond motifs is 2. The first kappa shape index (κ1) is 23.5. The lowest BCUT2D eigenvalue weighted by Crippen LogP contribution is -2.35. The zero-order valence-electron chi connectivity index (χ0n) is 20.0. The van der Waals surface area contributed by atoms with E-state index in [2.05, 4.69) is 5.32 Å². The molecular formula is C29H30N2O3S. The Balaban J connectivity index is 1.56. The van der Waals surface area contributed by atoms with E-state index < -0.39 is 10.8 Å². The molecule has 1 saturated carbocycles. The molecule has 35 heavy (non-hydrogen) atoms. The van der Waals surface area contributed by atoms with Crippen molar-refractivity contribution in [1.82, 2.24) is 5.32 Å². The normalized spacial score (nSPS) is 18.3. The first-order valence-electron chi connectivity index (χ1n) is 12.3. The molecule has 1 unspecified atom stereocenters. The molecule has 2 aliphatic rings. The summed E-state index contributed by atoms with van der Waals surface area (Å²) < 4.78 is 13.6. The summed E-state index contributed by atoms with van der Waals surface area (Å²) in [5, 5.41) is 3.19. The van der Waals surface area contributed by atoms with Crippen molar-refractivity contribution >= 4 is 28.3 Å². The molecule has 1 atom stereocenters. The number of carbonyl (C=O) groups is 2. The Morgan fingerprint density at radius 1 is 0.943 bits per heavy atom. The Morgan fingerprint density at radius 2 is 1.66 bits per heavy atom. The number of benzene rings is 3. The fraction of sp³-hybridized carbons (Fsp3) is 0.310. The Labute approximate surface area is 209 Å². The fourth-order valence-electron chi connectivity index (χ4n) is 5.01. The van der Waals surface area contributed by atoms with Gasteiger partial charge in [0, 0.05) is 11.6 Å². The van der Waals surface area contributed by atoms with Crippen LogP contribution in [-0.4, -0.2) is 22.1 Å². The molecule has 2 amide bonds. The summed E-state index contributed by atoms with van der Waals surface area (Å²) in [5.74, 6) is -0.354. The molecule has 5 nitrogen and oxygen atoms in total. The zero-order valence-corrected chi connectivity index (χ0v) is 20.8. The van der Waals surface area contributed by atoms with Crippen molar-refractivity contribution in [3.05, 3.63) is 89.0 Å². The number of nitrogens with one attached hydrogen (secondary N) is 1. The molecule has 0 spiro atoms. The summed E-state index contributed by atoms with van der Waals surface area (Å²) in [4.78, 5) is 29.7. The largest absolute Gasteiger partial charge is 0.349 e. The third kappa shape index (κ3) is 4.80. The molecule has 3 aromatic rings. The zero-order chi connectivity index (χ0) is 24.4. The van der Waals surface area contributed by atoms with Crippen molar-refractivity contribution in [2.24, 2.45) is 0 Å². The SMILES string of the molecule is Cc1ccccc1CN1C(=O)c2ccccc2S(=O)c2ccc(C(=O)NC3CCCCCC3)cc21. The lowest BCUT2D eigenvalue weighted by molar-refractivity contribution is 0.0931. The van der Waals surface area contributed by atoms with Gasteiger partial charge in [0.1, 0.15) is 0 Å². The first-order valence-corrected chi connectivity index (χ1v) is 13.5. The maximum Gasteiger partial charge on any atom is 0.259 e. The van der Waals surface area contributed by atoms with Gasteiger partial charge in [0.2, 0.25) is 0 Å². The van der Waals surface area contributed by atoms with E-state index in [4.69, 9.17) is 0 Å². The van der Waals surface area contributed by atoms with Crippen LogP contribution < -0.4 is 10.2 Å². The predicted molar refractivity (Wildman–Crippen MR) is 138 cm³/mol. The summed E-state index contributed by atoms with van der Waals surface area (Å²) in [5.41, 5.74) is 3.52. The van der Waals surface area contributed by atoms with E-state index in [9.17, 15) is 13.8 Å². The van der Waals surface area contributed by atoms with Crippen molar-refractivity contribution in [1.29, 1.82) is 0 Å². The third-order valence-electron chi connectivity index (χ3n) is 7.05. The van der Waals surface area contributed by atoms with Crippen molar-refractivity contribution in [2.75, 3.05) is 4.90 Å². The highest BCUT2D eigenvalue weighted by Crippen LogP contribution is 2.36. The molecule has 180 valence electrons. The van der Waals surface area contributed by atoms with E-state index in [0.29, 0.717) is 33.2 Å². The first-order chi connectivity index (χ1) is 17.0. The van der Waals surface area contributed by atoms with Gasteiger partial charge < -0.3 is 10.2 Å². The minimum absolute atomic E-state index is 0.143. The number of nitrogens with zero attached hydrogens (tertiary/aromatic N) is 1. The Hall–Kier alpha value is -3.25. The molecular weight excluding hydrogens is 456 g/mol. The van der Waals surface area contributed by atoms with E-state index in [1.807, 2.05) is 31.2 Å². The molecule has 6 heteroatoms. The standard InChI is InChI=1S/C29H30N2O3S/c1-20-10-6-7-11-22(20)19-31-25-18-21(28(32)30-23-12-4-2-3-5-13-23)16-17-27(25)35(34)26-15-9-8-14-24(26)29(31)33/h6-11,14-18,23H,2-5,12-13,19H2,1H3,(H,30,32). The van der Waals surface area contributed by atoms with Gasteiger partial charge in [-0.25, -0.2) is 4.21 Å². The molecule has 1 fully saturated rings. The van der Waals surface area contributed by atoms with Gasteiger partial charge in [0.25, 0.3) is 11.8 Å².